The van der Waals surface area contributed by atoms with Gasteiger partial charge in [-0.15, -0.1) is 0 Å². The fraction of sp³-hybridized carbons (Fsp3) is 1.00. The number of hydrogen-bond acceptors (Lipinski definition) is 3. The molecule has 0 heterocycles. The average molecular weight is 180 g/mol. The van der Waals surface area contributed by atoms with Crippen molar-refractivity contribution in [1.82, 2.24) is 0 Å². The molecule has 0 rings (SSSR count). The summed E-state index contributed by atoms with van der Waals surface area (Å²) in [4.78, 5) is 0. The maximum atomic E-state index is 9.87. The predicted molar refractivity (Wildman–Crippen MR) is 35.0 cm³/mol. The van der Waals surface area contributed by atoms with Crippen LogP contribution in [0.5, 0.6) is 0 Å². The van der Waals surface area contributed by atoms with Gasteiger partial charge in [-0.1, -0.05) is 6.92 Å². The van der Waals surface area contributed by atoms with Crippen LogP contribution in [-0.2, 0) is 10.1 Å². The zero-order valence-electron chi connectivity index (χ0n) is 4.40. The third kappa shape index (κ3) is 5.93. The van der Waals surface area contributed by atoms with E-state index in [1.165, 1.54) is 6.92 Å². The summed E-state index contributed by atoms with van der Waals surface area (Å²) in [5, 5.41) is 8.36. The Morgan fingerprint density at radius 1 is 1.56 bits per heavy atom. The van der Waals surface area contributed by atoms with Gasteiger partial charge in [0, 0.05) is 0 Å². The molecule has 1 unspecified atom stereocenters. The summed E-state index contributed by atoms with van der Waals surface area (Å²) in [6.07, 6.45) is 0.0127. The normalized spacial score (nSPS) is 14.1. The molecule has 9 heavy (non-hydrogen) atoms. The van der Waals surface area contributed by atoms with Gasteiger partial charge in [-0.2, -0.15) is 8.42 Å². The van der Waals surface area contributed by atoms with E-state index in [0.717, 1.165) is 0 Å². The molecule has 0 amide bonds. The summed E-state index contributed by atoms with van der Waals surface area (Å²) >= 11 is 0. The molecule has 0 bridgehead atoms. The van der Waals surface area contributed by atoms with E-state index in [4.69, 9.17) is 9.66 Å². The molecule has 6 heteroatoms. The van der Waals surface area contributed by atoms with Crippen LogP contribution in [0.1, 0.15) is 13.3 Å². The van der Waals surface area contributed by atoms with E-state index in [0.29, 0.717) is 0 Å². The first-order valence-corrected chi connectivity index (χ1v) is 3.63. The molecule has 0 aliphatic heterocycles. The first-order valence-electron chi connectivity index (χ1n) is 2.13. The number of aliphatic hydroxyl groups is 1. The van der Waals surface area contributed by atoms with Crippen LogP contribution in [0.2, 0.25) is 0 Å². The minimum absolute atomic E-state index is 0. The Labute approximate surface area is 96.8 Å². The van der Waals surface area contributed by atoms with Crippen LogP contribution in [0.15, 0.2) is 0 Å². The minimum atomic E-state index is -4.20. The van der Waals surface area contributed by atoms with E-state index in [2.05, 4.69) is 0 Å². The molecule has 0 spiro atoms. The summed E-state index contributed by atoms with van der Waals surface area (Å²) in [5.74, 6) is 0. The Balaban J connectivity index is 0. The van der Waals surface area contributed by atoms with Gasteiger partial charge in [0.05, 0.1) is 0 Å². The Morgan fingerprint density at radius 2 is 1.89 bits per heavy atom. The molecular formula is C3H9KO4S. The predicted octanol–water partition coefficient (Wildman–Crippen LogP) is -1.05. The van der Waals surface area contributed by atoms with Crippen molar-refractivity contribution in [2.45, 2.75) is 18.8 Å². The Kier molecular flexibility index (Phi) is 7.57. The van der Waals surface area contributed by atoms with Crippen LogP contribution in [0, 0.1) is 0 Å². The van der Waals surface area contributed by atoms with Gasteiger partial charge in [0.2, 0.25) is 0 Å². The summed E-state index contributed by atoms with van der Waals surface area (Å²) in [5.41, 5.74) is -1.62. The monoisotopic (exact) mass is 180 g/mol. The third-order valence-corrected chi connectivity index (χ3v) is 1.71. The quantitative estimate of drug-likeness (QED) is 0.420. The Bertz CT molecular complexity index is 151. The van der Waals surface area contributed by atoms with Crippen molar-refractivity contribution < 1.29 is 18.1 Å². The Morgan fingerprint density at radius 3 is 1.89 bits per heavy atom. The molecule has 2 N–H and O–H groups in total. The summed E-state index contributed by atoms with van der Waals surface area (Å²) in [6.45, 7) is 1.46. The second-order valence-corrected chi connectivity index (χ2v) is 2.95. The summed E-state index contributed by atoms with van der Waals surface area (Å²) < 4.78 is 27.7. The third-order valence-electron chi connectivity index (χ3n) is 0.693. The first-order chi connectivity index (χ1) is 3.48. The fourth-order valence-corrected chi connectivity index (χ4v) is 0.632. The van der Waals surface area contributed by atoms with Crippen molar-refractivity contribution in [2.75, 3.05) is 0 Å². The van der Waals surface area contributed by atoms with Crippen molar-refractivity contribution in [1.29, 1.82) is 0 Å². The van der Waals surface area contributed by atoms with E-state index in [-0.39, 0.29) is 57.8 Å². The van der Waals surface area contributed by atoms with Crippen molar-refractivity contribution in [3.05, 3.63) is 0 Å². The molecular weight excluding hydrogens is 171 g/mol. The van der Waals surface area contributed by atoms with Crippen LogP contribution in [-0.4, -0.2) is 74.9 Å². The van der Waals surface area contributed by atoms with Crippen molar-refractivity contribution in [2.24, 2.45) is 0 Å². The Hall–Kier alpha value is 1.51. The zero-order chi connectivity index (χ0) is 6.78. The SMILES string of the molecule is CCC(O)S(=O)(=O)O.[KH]. The van der Waals surface area contributed by atoms with Gasteiger partial charge in [-0.05, 0) is 6.42 Å². The van der Waals surface area contributed by atoms with Crippen LogP contribution in [0.25, 0.3) is 0 Å². The summed E-state index contributed by atoms with van der Waals surface area (Å²) in [7, 11) is -4.20. The van der Waals surface area contributed by atoms with Crippen molar-refractivity contribution in [3.8, 4) is 0 Å². The molecule has 52 valence electrons. The first kappa shape index (κ1) is 13.1. The second kappa shape index (κ2) is 5.20. The fourth-order valence-electron chi connectivity index (χ4n) is 0.211. The number of hydrogen-bond donors (Lipinski definition) is 2. The molecule has 0 aliphatic carbocycles. The van der Waals surface area contributed by atoms with Crippen molar-refractivity contribution in [3.63, 3.8) is 0 Å². The molecule has 0 aromatic rings. The standard InChI is InChI=1S/C3H8O4S.K.H/c1-2-3(4)8(5,6)7;;/h3-4H,2H2,1H3,(H,5,6,7);;. The second-order valence-electron chi connectivity index (χ2n) is 1.38. The molecule has 0 aliphatic rings. The van der Waals surface area contributed by atoms with E-state index in [1.54, 1.807) is 0 Å². The average Bonchev–Trinajstić information content (AvgIpc) is 1.62. The van der Waals surface area contributed by atoms with E-state index in [9.17, 15) is 8.42 Å². The molecule has 0 radical (unpaired) electrons. The topological polar surface area (TPSA) is 74.6 Å². The maximum absolute atomic E-state index is 9.87. The zero-order valence-corrected chi connectivity index (χ0v) is 5.22. The van der Waals surface area contributed by atoms with Crippen molar-refractivity contribution >= 4 is 61.5 Å². The number of aliphatic hydroxyl groups excluding tert-OH is 1. The molecule has 1 atom stereocenters. The van der Waals surface area contributed by atoms with Gasteiger partial charge in [0.15, 0.2) is 5.44 Å². The number of rotatable bonds is 2. The summed E-state index contributed by atoms with van der Waals surface area (Å²) in [6, 6.07) is 0. The van der Waals surface area contributed by atoms with Crippen LogP contribution in [0.4, 0.5) is 0 Å². The molecule has 0 aromatic carbocycles. The van der Waals surface area contributed by atoms with Gasteiger partial charge in [-0.25, -0.2) is 0 Å². The molecule has 4 nitrogen and oxygen atoms in total. The molecule has 0 saturated carbocycles. The van der Waals surface area contributed by atoms with Crippen LogP contribution in [0.3, 0.4) is 0 Å². The van der Waals surface area contributed by atoms with Gasteiger partial charge in [-0.3, -0.25) is 4.55 Å². The van der Waals surface area contributed by atoms with Crippen LogP contribution >= 0.6 is 0 Å². The molecule has 0 fully saturated rings. The van der Waals surface area contributed by atoms with Crippen LogP contribution < -0.4 is 0 Å². The van der Waals surface area contributed by atoms with Gasteiger partial charge in [0.25, 0.3) is 10.1 Å². The van der Waals surface area contributed by atoms with E-state index < -0.39 is 15.6 Å². The van der Waals surface area contributed by atoms with Gasteiger partial charge in [0.1, 0.15) is 0 Å². The van der Waals surface area contributed by atoms with E-state index in [1.807, 2.05) is 0 Å². The van der Waals surface area contributed by atoms with Gasteiger partial charge >= 0.3 is 51.4 Å². The molecule has 0 aromatic heterocycles. The van der Waals surface area contributed by atoms with E-state index >= 15 is 0 Å². The van der Waals surface area contributed by atoms with Gasteiger partial charge < -0.3 is 5.11 Å². The molecule has 0 saturated heterocycles.